The number of hydrogen-bond acceptors (Lipinski definition) is 5. The molecule has 0 bridgehead atoms. The van der Waals surface area contributed by atoms with Gasteiger partial charge in [0.1, 0.15) is 6.54 Å². The number of guanidine groups is 1. The van der Waals surface area contributed by atoms with E-state index in [2.05, 4.69) is 25.8 Å². The minimum absolute atomic E-state index is 0.0604. The lowest BCUT2D eigenvalue weighted by atomic mass is 10.1. The van der Waals surface area contributed by atoms with Crippen molar-refractivity contribution in [3.63, 3.8) is 0 Å². The Morgan fingerprint density at radius 3 is 2.56 bits per heavy atom. The van der Waals surface area contributed by atoms with Crippen molar-refractivity contribution < 1.29 is 14.3 Å². The van der Waals surface area contributed by atoms with Crippen LogP contribution in [0.5, 0.6) is 11.5 Å². The van der Waals surface area contributed by atoms with Crippen molar-refractivity contribution in [1.82, 2.24) is 15.5 Å². The summed E-state index contributed by atoms with van der Waals surface area (Å²) in [6.45, 7) is 11.7. The number of amides is 1. The predicted molar refractivity (Wildman–Crippen MR) is 129 cm³/mol. The molecular weight excluding hydrogens is 406 g/mol. The molecule has 1 saturated heterocycles. The molecule has 32 heavy (non-hydrogen) atoms. The molecule has 1 amide bonds. The number of carbonyl (C=O) groups excluding carboxylic acids is 1. The van der Waals surface area contributed by atoms with E-state index >= 15 is 0 Å². The number of carbonyl (C=O) groups is 1. The lowest BCUT2D eigenvalue weighted by Gasteiger charge is -2.20. The van der Waals surface area contributed by atoms with E-state index in [4.69, 9.17) is 9.47 Å². The number of likely N-dealkylation sites (tertiary alicyclic amines) is 1. The first kappa shape index (κ1) is 24.2. The normalized spacial score (nSPS) is 17.0. The Balaban J connectivity index is 1.57. The third kappa shape index (κ3) is 8.57. The van der Waals surface area contributed by atoms with Crippen molar-refractivity contribution in [3.8, 4) is 11.5 Å². The second-order valence-corrected chi connectivity index (χ2v) is 9.48. The van der Waals surface area contributed by atoms with Crippen molar-refractivity contribution >= 4 is 17.6 Å². The number of fused-ring (bicyclic) bond motifs is 1. The van der Waals surface area contributed by atoms with Crippen LogP contribution in [0, 0.1) is 0 Å². The van der Waals surface area contributed by atoms with Crippen molar-refractivity contribution in [2.45, 2.75) is 58.4 Å². The van der Waals surface area contributed by atoms with Gasteiger partial charge in [-0.1, -0.05) is 0 Å². The van der Waals surface area contributed by atoms with Gasteiger partial charge in [0.2, 0.25) is 5.91 Å². The van der Waals surface area contributed by atoms with Crippen LogP contribution in [0.4, 0.5) is 5.69 Å². The monoisotopic (exact) mass is 445 g/mol. The molecule has 2 heterocycles. The Morgan fingerprint density at radius 2 is 1.81 bits per heavy atom. The molecule has 0 saturated carbocycles. The fourth-order valence-corrected chi connectivity index (χ4v) is 3.80. The molecule has 0 atom stereocenters. The van der Waals surface area contributed by atoms with Crippen LogP contribution < -0.4 is 25.4 Å². The highest BCUT2D eigenvalue weighted by molar-refractivity contribution is 5.95. The van der Waals surface area contributed by atoms with Crippen LogP contribution in [0.15, 0.2) is 23.2 Å². The van der Waals surface area contributed by atoms with Crippen LogP contribution in [-0.2, 0) is 4.79 Å². The van der Waals surface area contributed by atoms with Gasteiger partial charge in [0, 0.05) is 30.3 Å². The molecular formula is C24H39N5O3. The summed E-state index contributed by atoms with van der Waals surface area (Å²) in [5.74, 6) is 1.96. The topological polar surface area (TPSA) is 87.2 Å². The van der Waals surface area contributed by atoms with E-state index in [0.29, 0.717) is 19.2 Å². The average molecular weight is 446 g/mol. The molecule has 1 aromatic rings. The maximum Gasteiger partial charge on any atom is 0.242 e. The predicted octanol–water partition coefficient (Wildman–Crippen LogP) is 3.00. The van der Waals surface area contributed by atoms with E-state index in [9.17, 15) is 4.79 Å². The van der Waals surface area contributed by atoms with E-state index in [1.165, 1.54) is 25.9 Å². The highest BCUT2D eigenvalue weighted by atomic mass is 16.5. The zero-order chi connectivity index (χ0) is 22.8. The van der Waals surface area contributed by atoms with Gasteiger partial charge in [0.15, 0.2) is 17.5 Å². The average Bonchev–Trinajstić information content (AvgIpc) is 3.14. The molecule has 0 aromatic heterocycles. The van der Waals surface area contributed by atoms with Crippen LogP contribution in [0.1, 0.15) is 52.9 Å². The maximum atomic E-state index is 12.3. The number of anilines is 1. The summed E-state index contributed by atoms with van der Waals surface area (Å²) in [6, 6.07) is 5.76. The van der Waals surface area contributed by atoms with Crippen LogP contribution in [0.3, 0.4) is 0 Å². The van der Waals surface area contributed by atoms with E-state index in [-0.39, 0.29) is 18.0 Å². The summed E-state index contributed by atoms with van der Waals surface area (Å²) in [5, 5.41) is 9.64. The summed E-state index contributed by atoms with van der Waals surface area (Å²) in [7, 11) is 0. The van der Waals surface area contributed by atoms with Crippen LogP contribution in [0.25, 0.3) is 0 Å². The van der Waals surface area contributed by atoms with E-state index in [1.807, 2.05) is 39.0 Å². The van der Waals surface area contributed by atoms with Gasteiger partial charge in [-0.3, -0.25) is 4.79 Å². The van der Waals surface area contributed by atoms with Crippen molar-refractivity contribution in [2.75, 3.05) is 51.3 Å². The lowest BCUT2D eigenvalue weighted by molar-refractivity contribution is -0.121. The molecule has 0 aliphatic carbocycles. The van der Waals surface area contributed by atoms with Gasteiger partial charge in [-0.05, 0) is 78.2 Å². The molecule has 2 aliphatic rings. The molecule has 0 unspecified atom stereocenters. The first-order valence-corrected chi connectivity index (χ1v) is 11.9. The lowest BCUT2D eigenvalue weighted by Crippen LogP contribution is -2.42. The minimum atomic E-state index is -0.280. The fourth-order valence-electron chi connectivity index (χ4n) is 3.80. The molecule has 1 aromatic carbocycles. The fraction of sp³-hybridized carbons (Fsp3) is 0.667. The van der Waals surface area contributed by atoms with Crippen LogP contribution in [0.2, 0.25) is 0 Å². The third-order valence-corrected chi connectivity index (χ3v) is 5.30. The Kier molecular flexibility index (Phi) is 9.02. The van der Waals surface area contributed by atoms with Crippen LogP contribution >= 0.6 is 0 Å². The molecule has 3 rings (SSSR count). The smallest absolute Gasteiger partial charge is 0.242 e. The zero-order valence-electron chi connectivity index (χ0n) is 19.8. The second kappa shape index (κ2) is 11.9. The summed E-state index contributed by atoms with van der Waals surface area (Å²) < 4.78 is 11.5. The number of aliphatic imine (C=N–C) groups is 1. The zero-order valence-corrected chi connectivity index (χ0v) is 19.8. The van der Waals surface area contributed by atoms with Crippen LogP contribution in [-0.4, -0.2) is 68.2 Å². The maximum absolute atomic E-state index is 12.3. The number of nitrogens with one attached hydrogen (secondary N) is 3. The number of hydrogen-bond donors (Lipinski definition) is 3. The highest BCUT2D eigenvalue weighted by Crippen LogP contribution is 2.32. The number of ether oxygens (including phenoxy) is 2. The summed E-state index contributed by atoms with van der Waals surface area (Å²) >= 11 is 0. The Hall–Kier alpha value is -2.48. The number of unbranched alkanes of at least 4 members (excludes halogenated alkanes) is 1. The Labute approximate surface area is 192 Å². The van der Waals surface area contributed by atoms with E-state index < -0.39 is 0 Å². The molecule has 8 heteroatoms. The molecule has 0 spiro atoms. The molecule has 3 N–H and O–H groups in total. The molecule has 1 fully saturated rings. The van der Waals surface area contributed by atoms with Gasteiger partial charge >= 0.3 is 0 Å². The quantitative estimate of drug-likeness (QED) is 0.324. The van der Waals surface area contributed by atoms with Gasteiger partial charge in [0.25, 0.3) is 0 Å². The number of nitrogens with zero attached hydrogens (tertiary/aromatic N) is 2. The van der Waals surface area contributed by atoms with Gasteiger partial charge in [0.05, 0.1) is 13.2 Å². The number of benzene rings is 1. The van der Waals surface area contributed by atoms with Crippen molar-refractivity contribution in [3.05, 3.63) is 18.2 Å². The Morgan fingerprint density at radius 1 is 1.06 bits per heavy atom. The summed E-state index contributed by atoms with van der Waals surface area (Å²) in [6.07, 6.45) is 5.71. The largest absolute Gasteiger partial charge is 0.490 e. The van der Waals surface area contributed by atoms with E-state index in [1.54, 1.807) is 0 Å². The number of rotatable bonds is 8. The first-order valence-electron chi connectivity index (χ1n) is 11.9. The summed E-state index contributed by atoms with van der Waals surface area (Å²) in [4.78, 5) is 19.3. The molecule has 0 radical (unpaired) electrons. The van der Waals surface area contributed by atoms with Gasteiger partial charge in [-0.25, -0.2) is 4.99 Å². The first-order chi connectivity index (χ1) is 15.4. The minimum Gasteiger partial charge on any atom is -0.490 e. The van der Waals surface area contributed by atoms with Gasteiger partial charge in [-0.15, -0.1) is 0 Å². The second-order valence-electron chi connectivity index (χ2n) is 9.48. The molecule has 2 aliphatic heterocycles. The summed E-state index contributed by atoms with van der Waals surface area (Å²) in [5.41, 5.74) is 0.561. The third-order valence-electron chi connectivity index (χ3n) is 5.30. The standard InChI is InChI=1S/C24H39N5O3/c1-24(2,3)28-22(30)18-26-23(25-11-4-5-12-29-13-6-7-14-29)27-19-9-10-20-21(17-19)32-16-8-15-31-20/h9-10,17H,4-8,11-16,18H2,1-3H3,(H,28,30)(H2,25,26,27). The highest BCUT2D eigenvalue weighted by Gasteiger charge is 2.15. The van der Waals surface area contributed by atoms with Crippen molar-refractivity contribution in [2.24, 2.45) is 4.99 Å². The van der Waals surface area contributed by atoms with Gasteiger partial charge in [-0.2, -0.15) is 0 Å². The molecule has 8 nitrogen and oxygen atoms in total. The van der Waals surface area contributed by atoms with Gasteiger partial charge < -0.3 is 30.3 Å². The molecule has 178 valence electrons. The van der Waals surface area contributed by atoms with Crippen molar-refractivity contribution in [1.29, 1.82) is 0 Å². The Bertz CT molecular complexity index is 769. The SMILES string of the molecule is CC(C)(C)NC(=O)CN=C(NCCCCN1CCCC1)Nc1ccc2c(c1)OCCCO2. The van der Waals surface area contributed by atoms with E-state index in [0.717, 1.165) is 49.5 Å².